The summed E-state index contributed by atoms with van der Waals surface area (Å²) in [5, 5.41) is 12.9. The normalized spacial score (nSPS) is 10.4. The van der Waals surface area contributed by atoms with Crippen molar-refractivity contribution >= 4 is 27.9 Å². The van der Waals surface area contributed by atoms with Gasteiger partial charge < -0.3 is 15.3 Å². The van der Waals surface area contributed by atoms with Crippen molar-refractivity contribution < 1.29 is 0 Å². The van der Waals surface area contributed by atoms with E-state index in [1.54, 1.807) is 6.08 Å². The lowest BCUT2D eigenvalue weighted by Crippen LogP contribution is -2.05. The lowest BCUT2D eigenvalue weighted by molar-refractivity contribution is 1.07. The summed E-state index contributed by atoms with van der Waals surface area (Å²) in [6, 6.07) is 28.9. The maximum atomic E-state index is 8.28. The van der Waals surface area contributed by atoms with Crippen molar-refractivity contribution in [3.05, 3.63) is 115 Å². The summed E-state index contributed by atoms with van der Waals surface area (Å²) in [6.45, 7) is 14.0. The molecule has 0 aliphatic heterocycles. The van der Waals surface area contributed by atoms with Gasteiger partial charge in [-0.3, -0.25) is 0 Å². The third-order valence-electron chi connectivity index (χ3n) is 5.26. The highest BCUT2D eigenvalue weighted by Crippen LogP contribution is 2.34. The van der Waals surface area contributed by atoms with E-state index in [4.69, 9.17) is 5.41 Å². The van der Waals surface area contributed by atoms with Gasteiger partial charge in [-0.05, 0) is 54.5 Å². The molecule has 4 rings (SSSR count). The molecule has 3 heteroatoms. The Balaban J connectivity index is 0.000000970. The van der Waals surface area contributed by atoms with Crippen molar-refractivity contribution in [1.82, 2.24) is 4.57 Å². The number of aryl methyl sites for hydroxylation is 1. The van der Waals surface area contributed by atoms with E-state index in [2.05, 4.69) is 71.9 Å². The first-order chi connectivity index (χ1) is 16.7. The van der Waals surface area contributed by atoms with E-state index in [0.29, 0.717) is 12.1 Å². The van der Waals surface area contributed by atoms with Gasteiger partial charge in [-0.25, -0.2) is 0 Å². The number of nitrogens with zero attached hydrogens (tertiary/aromatic N) is 1. The monoisotopic (exact) mass is 451 g/mol. The highest BCUT2D eigenvalue weighted by Gasteiger charge is 2.19. The van der Waals surface area contributed by atoms with Crippen LogP contribution in [0.4, 0.5) is 5.69 Å². The summed E-state index contributed by atoms with van der Waals surface area (Å²) in [5.41, 5.74) is 7.12. The largest absolute Gasteiger partial charge is 0.361 e. The first kappa shape index (κ1) is 26.4. The number of para-hydroxylation sites is 3. The molecule has 0 atom stereocenters. The Morgan fingerprint density at radius 1 is 0.853 bits per heavy atom. The molecule has 0 radical (unpaired) electrons. The van der Waals surface area contributed by atoms with E-state index >= 15 is 0 Å². The van der Waals surface area contributed by atoms with Crippen LogP contribution in [0.2, 0.25) is 0 Å². The summed E-state index contributed by atoms with van der Waals surface area (Å²) in [7, 11) is 0. The summed E-state index contributed by atoms with van der Waals surface area (Å²) < 4.78 is 2.29. The van der Waals surface area contributed by atoms with E-state index in [9.17, 15) is 0 Å². The van der Waals surface area contributed by atoms with Crippen LogP contribution in [0.25, 0.3) is 22.2 Å². The van der Waals surface area contributed by atoms with Gasteiger partial charge in [-0.15, -0.1) is 0 Å². The van der Waals surface area contributed by atoms with Gasteiger partial charge in [0, 0.05) is 35.1 Å². The quantitative estimate of drug-likeness (QED) is 0.270. The van der Waals surface area contributed by atoms with E-state index in [0.717, 1.165) is 28.2 Å². The van der Waals surface area contributed by atoms with Crippen LogP contribution < -0.4 is 5.32 Å². The van der Waals surface area contributed by atoms with Gasteiger partial charge >= 0.3 is 0 Å². The Morgan fingerprint density at radius 3 is 2.03 bits per heavy atom. The molecule has 1 aromatic heterocycles. The van der Waals surface area contributed by atoms with Crippen LogP contribution in [0, 0.1) is 12.3 Å². The zero-order valence-corrected chi connectivity index (χ0v) is 21.1. The van der Waals surface area contributed by atoms with E-state index in [1.807, 2.05) is 70.3 Å². The van der Waals surface area contributed by atoms with Crippen LogP contribution in [-0.4, -0.2) is 10.3 Å². The second-order valence-electron chi connectivity index (χ2n) is 7.25. The molecule has 0 bridgehead atoms. The first-order valence-electron chi connectivity index (χ1n) is 12.1. The van der Waals surface area contributed by atoms with E-state index < -0.39 is 0 Å². The van der Waals surface area contributed by atoms with Crippen LogP contribution >= 0.6 is 0 Å². The number of rotatable bonds is 7. The fourth-order valence-electron chi connectivity index (χ4n) is 3.82. The molecule has 0 spiro atoms. The molecule has 2 N–H and O–H groups in total. The predicted molar refractivity (Wildman–Crippen MR) is 151 cm³/mol. The van der Waals surface area contributed by atoms with Crippen molar-refractivity contribution in [2.75, 3.05) is 5.32 Å². The summed E-state index contributed by atoms with van der Waals surface area (Å²) in [5.74, 6) is 0. The minimum Gasteiger partial charge on any atom is -0.361 e. The Kier molecular flexibility index (Phi) is 10.6. The number of benzene rings is 3. The van der Waals surface area contributed by atoms with Gasteiger partial charge in [0.15, 0.2) is 0 Å². The third kappa shape index (κ3) is 6.14. The van der Waals surface area contributed by atoms with Crippen LogP contribution in [0.15, 0.2) is 104 Å². The lowest BCUT2D eigenvalue weighted by Gasteiger charge is -2.15. The molecule has 4 aromatic rings. The second-order valence-corrected chi connectivity index (χ2v) is 7.25. The molecule has 0 aliphatic carbocycles. The maximum Gasteiger partial charge on any atom is 0.0548 e. The van der Waals surface area contributed by atoms with Crippen molar-refractivity contribution in [3.8, 4) is 5.69 Å². The molecule has 0 unspecified atom stereocenters. The number of fused-ring (bicyclic) bond motifs is 1. The number of hydrogen-bond donors (Lipinski definition) is 2. The molecule has 0 fully saturated rings. The molecule has 0 saturated carbocycles. The predicted octanol–water partition coefficient (Wildman–Crippen LogP) is 9.04. The molecule has 1 heterocycles. The van der Waals surface area contributed by atoms with Crippen molar-refractivity contribution in [2.45, 2.75) is 41.0 Å². The van der Waals surface area contributed by atoms with Crippen LogP contribution in [-0.2, 0) is 0 Å². The number of allylic oxidation sites excluding steroid dienone is 2. The van der Waals surface area contributed by atoms with E-state index in [-0.39, 0.29) is 0 Å². The molecule has 3 nitrogen and oxygen atoms in total. The summed E-state index contributed by atoms with van der Waals surface area (Å²) >= 11 is 0. The molecule has 0 saturated heterocycles. The zero-order valence-electron chi connectivity index (χ0n) is 21.1. The molecule has 176 valence electrons. The highest BCUT2D eigenvalue weighted by molar-refractivity contribution is 6.01. The Labute approximate surface area is 205 Å². The molecular weight excluding hydrogens is 414 g/mol. The second kappa shape index (κ2) is 13.6. The highest BCUT2D eigenvalue weighted by atomic mass is 15.0. The average Bonchev–Trinajstić information content (AvgIpc) is 3.22. The smallest absolute Gasteiger partial charge is 0.0548 e. The average molecular weight is 452 g/mol. The molecule has 0 amide bonds. The maximum absolute atomic E-state index is 8.28. The lowest BCUT2D eigenvalue weighted by atomic mass is 10.0. The fourth-order valence-corrected chi connectivity index (χ4v) is 3.82. The Morgan fingerprint density at radius 2 is 1.41 bits per heavy atom. The van der Waals surface area contributed by atoms with Crippen LogP contribution in [0.1, 0.15) is 45.4 Å². The number of anilines is 1. The SMILES string of the molecule is C=CC(=N)C/C(=C\Nc1ccccc1)c1c(C)c2ccccc2n1-c1ccccc1.CC.CC. The van der Waals surface area contributed by atoms with Gasteiger partial charge in [0.2, 0.25) is 0 Å². The number of aromatic nitrogens is 1. The zero-order chi connectivity index (χ0) is 24.9. The minimum absolute atomic E-state index is 0.486. The standard InChI is InChI=1S/C27H25N3.2C2H6/c1-3-22(28)18-21(19-29-23-12-6-4-7-13-23)27-20(2)25-16-10-11-17-26(25)30(27)24-14-8-5-9-15-24;2*1-2/h3-17,19,28-29H,1,18H2,2H3;2*1-2H3/b21-19+,28-22?;;. The van der Waals surface area contributed by atoms with Gasteiger partial charge in [0.05, 0.1) is 11.2 Å². The van der Waals surface area contributed by atoms with Gasteiger partial charge in [-0.1, -0.05) is 88.9 Å². The number of hydrogen-bond acceptors (Lipinski definition) is 2. The van der Waals surface area contributed by atoms with Crippen molar-refractivity contribution in [2.24, 2.45) is 0 Å². The summed E-state index contributed by atoms with van der Waals surface area (Å²) in [6.07, 6.45) is 4.13. The van der Waals surface area contributed by atoms with Gasteiger partial charge in [0.25, 0.3) is 0 Å². The minimum atomic E-state index is 0.486. The molecular formula is C31H37N3. The Bertz CT molecular complexity index is 1220. The molecule has 0 aliphatic rings. The van der Waals surface area contributed by atoms with Crippen LogP contribution in [0.3, 0.4) is 0 Å². The number of nitrogens with one attached hydrogen (secondary N) is 2. The summed E-state index contributed by atoms with van der Waals surface area (Å²) in [4.78, 5) is 0. The van der Waals surface area contributed by atoms with Gasteiger partial charge in [0.1, 0.15) is 0 Å². The molecule has 3 aromatic carbocycles. The van der Waals surface area contributed by atoms with E-state index in [1.165, 1.54) is 10.9 Å². The van der Waals surface area contributed by atoms with Crippen LogP contribution in [0.5, 0.6) is 0 Å². The molecule has 34 heavy (non-hydrogen) atoms. The van der Waals surface area contributed by atoms with Gasteiger partial charge in [-0.2, -0.15) is 0 Å². The topological polar surface area (TPSA) is 40.8 Å². The fraction of sp³-hybridized carbons (Fsp3) is 0.194. The Hall–Kier alpha value is -3.85. The third-order valence-corrected chi connectivity index (χ3v) is 5.26. The first-order valence-corrected chi connectivity index (χ1v) is 12.1. The van der Waals surface area contributed by atoms with Crippen molar-refractivity contribution in [3.63, 3.8) is 0 Å². The van der Waals surface area contributed by atoms with Crippen molar-refractivity contribution in [1.29, 1.82) is 5.41 Å².